The Morgan fingerprint density at radius 3 is 2.59 bits per heavy atom. The van der Waals surface area contributed by atoms with E-state index in [1.807, 2.05) is 6.92 Å². The maximum atomic E-state index is 11.5. The van der Waals surface area contributed by atoms with Crippen LogP contribution in [0.15, 0.2) is 0 Å². The summed E-state index contributed by atoms with van der Waals surface area (Å²) in [5.74, 6) is 0.0115. The highest BCUT2D eigenvalue weighted by atomic mass is 16.5. The number of hydrogen-bond donors (Lipinski definition) is 3. The zero-order chi connectivity index (χ0) is 12.9. The molecule has 0 aromatic heterocycles. The standard InChI is InChI=1S/C12H26N2O3/c1-11(12(16)14-8-10-17-2)13-7-5-3-4-6-9-15/h11,13,15H,3-10H2,1-2H3,(H,14,16). The summed E-state index contributed by atoms with van der Waals surface area (Å²) >= 11 is 0. The minimum absolute atomic E-state index is 0.0115. The number of methoxy groups -OCH3 is 1. The number of carbonyl (C=O) groups is 1. The van der Waals surface area contributed by atoms with Crippen LogP contribution in [0.25, 0.3) is 0 Å². The fourth-order valence-electron chi connectivity index (χ4n) is 1.43. The molecule has 0 aliphatic carbocycles. The van der Waals surface area contributed by atoms with Gasteiger partial charge in [0.1, 0.15) is 0 Å². The first-order valence-corrected chi connectivity index (χ1v) is 6.33. The second-order valence-corrected chi connectivity index (χ2v) is 4.10. The van der Waals surface area contributed by atoms with Gasteiger partial charge in [0.15, 0.2) is 0 Å². The van der Waals surface area contributed by atoms with Gasteiger partial charge in [-0.3, -0.25) is 4.79 Å². The van der Waals surface area contributed by atoms with E-state index < -0.39 is 0 Å². The van der Waals surface area contributed by atoms with E-state index in [1.54, 1.807) is 7.11 Å². The van der Waals surface area contributed by atoms with Crippen molar-refractivity contribution in [3.05, 3.63) is 0 Å². The third-order valence-electron chi connectivity index (χ3n) is 2.53. The fourth-order valence-corrected chi connectivity index (χ4v) is 1.43. The Hall–Kier alpha value is -0.650. The van der Waals surface area contributed by atoms with Crippen LogP contribution in [0.1, 0.15) is 32.6 Å². The second kappa shape index (κ2) is 11.8. The summed E-state index contributed by atoms with van der Waals surface area (Å²) in [5.41, 5.74) is 0. The molecule has 0 rings (SSSR count). The molecule has 0 bridgehead atoms. The first-order chi connectivity index (χ1) is 8.22. The molecule has 0 saturated heterocycles. The largest absolute Gasteiger partial charge is 0.396 e. The average molecular weight is 246 g/mol. The van der Waals surface area contributed by atoms with E-state index in [4.69, 9.17) is 9.84 Å². The second-order valence-electron chi connectivity index (χ2n) is 4.10. The minimum atomic E-state index is -0.162. The first kappa shape index (κ1) is 16.4. The Morgan fingerprint density at radius 2 is 1.94 bits per heavy atom. The average Bonchev–Trinajstić information content (AvgIpc) is 2.33. The summed E-state index contributed by atoms with van der Waals surface area (Å²) in [6.07, 6.45) is 4.04. The lowest BCUT2D eigenvalue weighted by Crippen LogP contribution is -2.43. The van der Waals surface area contributed by atoms with E-state index in [1.165, 1.54) is 0 Å². The van der Waals surface area contributed by atoms with E-state index in [0.29, 0.717) is 13.2 Å². The molecule has 0 fully saturated rings. The van der Waals surface area contributed by atoms with Crippen LogP contribution < -0.4 is 10.6 Å². The van der Waals surface area contributed by atoms with Crippen molar-refractivity contribution >= 4 is 5.91 Å². The predicted octanol–water partition coefficient (Wildman–Crippen LogP) is 0.280. The molecule has 1 unspecified atom stereocenters. The van der Waals surface area contributed by atoms with Crippen molar-refractivity contribution in [1.82, 2.24) is 10.6 Å². The van der Waals surface area contributed by atoms with E-state index in [0.717, 1.165) is 32.2 Å². The summed E-state index contributed by atoms with van der Waals surface area (Å²) in [4.78, 5) is 11.5. The maximum Gasteiger partial charge on any atom is 0.236 e. The zero-order valence-corrected chi connectivity index (χ0v) is 11.0. The lowest BCUT2D eigenvalue weighted by atomic mass is 10.2. The van der Waals surface area contributed by atoms with Gasteiger partial charge in [0, 0.05) is 20.3 Å². The summed E-state index contributed by atoms with van der Waals surface area (Å²) < 4.78 is 4.85. The SMILES string of the molecule is COCCNC(=O)C(C)NCCCCCCO. The molecule has 1 atom stereocenters. The molecule has 1 amide bonds. The molecule has 0 saturated carbocycles. The Morgan fingerprint density at radius 1 is 1.24 bits per heavy atom. The van der Waals surface area contributed by atoms with Gasteiger partial charge < -0.3 is 20.5 Å². The lowest BCUT2D eigenvalue weighted by Gasteiger charge is -2.13. The molecule has 0 aromatic carbocycles. The van der Waals surface area contributed by atoms with Crippen LogP contribution in [-0.4, -0.2) is 50.5 Å². The van der Waals surface area contributed by atoms with Gasteiger partial charge in [-0.1, -0.05) is 12.8 Å². The third-order valence-corrected chi connectivity index (χ3v) is 2.53. The van der Waals surface area contributed by atoms with Crippen molar-refractivity contribution < 1.29 is 14.6 Å². The van der Waals surface area contributed by atoms with E-state index in [2.05, 4.69) is 10.6 Å². The number of unbranched alkanes of at least 4 members (excludes halogenated alkanes) is 3. The molecule has 0 aromatic rings. The molecule has 0 aliphatic rings. The van der Waals surface area contributed by atoms with Crippen LogP contribution in [0, 0.1) is 0 Å². The third kappa shape index (κ3) is 10.2. The van der Waals surface area contributed by atoms with Crippen LogP contribution in [0.5, 0.6) is 0 Å². The van der Waals surface area contributed by atoms with Crippen molar-refractivity contribution in [3.63, 3.8) is 0 Å². The molecule has 102 valence electrons. The molecule has 5 heteroatoms. The van der Waals surface area contributed by atoms with Crippen LogP contribution in [-0.2, 0) is 9.53 Å². The van der Waals surface area contributed by atoms with Gasteiger partial charge in [0.05, 0.1) is 12.6 Å². The summed E-state index contributed by atoms with van der Waals surface area (Å²) in [6, 6.07) is -0.162. The smallest absolute Gasteiger partial charge is 0.236 e. The number of rotatable bonds is 11. The van der Waals surface area contributed by atoms with Crippen molar-refractivity contribution in [2.24, 2.45) is 0 Å². The Labute approximate surface area is 104 Å². The number of carbonyl (C=O) groups excluding carboxylic acids is 1. The molecular formula is C12H26N2O3. The van der Waals surface area contributed by atoms with Crippen LogP contribution in [0.2, 0.25) is 0 Å². The van der Waals surface area contributed by atoms with E-state index in [9.17, 15) is 4.79 Å². The fraction of sp³-hybridized carbons (Fsp3) is 0.917. The van der Waals surface area contributed by atoms with Crippen LogP contribution >= 0.6 is 0 Å². The number of aliphatic hydroxyl groups is 1. The summed E-state index contributed by atoms with van der Waals surface area (Å²) in [5, 5.41) is 14.6. The molecule has 0 radical (unpaired) electrons. The van der Waals surface area contributed by atoms with Crippen LogP contribution in [0.4, 0.5) is 0 Å². The van der Waals surface area contributed by atoms with Gasteiger partial charge in [0.25, 0.3) is 0 Å². The van der Waals surface area contributed by atoms with Gasteiger partial charge in [-0.15, -0.1) is 0 Å². The topological polar surface area (TPSA) is 70.6 Å². The molecule has 5 nitrogen and oxygen atoms in total. The molecular weight excluding hydrogens is 220 g/mol. The Balaban J connectivity index is 3.37. The number of amides is 1. The zero-order valence-electron chi connectivity index (χ0n) is 11.0. The molecule has 0 spiro atoms. The Kier molecular flexibility index (Phi) is 11.4. The van der Waals surface area contributed by atoms with Gasteiger partial charge in [0.2, 0.25) is 5.91 Å². The van der Waals surface area contributed by atoms with Crippen molar-refractivity contribution in [3.8, 4) is 0 Å². The highest BCUT2D eigenvalue weighted by Crippen LogP contribution is 1.97. The summed E-state index contributed by atoms with van der Waals surface area (Å²) in [6.45, 7) is 4.06. The maximum absolute atomic E-state index is 11.5. The normalized spacial score (nSPS) is 12.4. The van der Waals surface area contributed by atoms with Crippen LogP contribution in [0.3, 0.4) is 0 Å². The molecule has 0 heterocycles. The first-order valence-electron chi connectivity index (χ1n) is 6.33. The van der Waals surface area contributed by atoms with Crippen molar-refractivity contribution in [2.45, 2.75) is 38.6 Å². The monoisotopic (exact) mass is 246 g/mol. The van der Waals surface area contributed by atoms with E-state index in [-0.39, 0.29) is 18.6 Å². The van der Waals surface area contributed by atoms with Gasteiger partial charge in [-0.25, -0.2) is 0 Å². The molecule has 0 aliphatic heterocycles. The number of aliphatic hydroxyl groups excluding tert-OH is 1. The highest BCUT2D eigenvalue weighted by Gasteiger charge is 2.10. The Bertz CT molecular complexity index is 189. The summed E-state index contributed by atoms with van der Waals surface area (Å²) in [7, 11) is 1.61. The van der Waals surface area contributed by atoms with Gasteiger partial charge in [-0.05, 0) is 26.3 Å². The van der Waals surface area contributed by atoms with Gasteiger partial charge >= 0.3 is 0 Å². The number of ether oxygens (including phenoxy) is 1. The lowest BCUT2D eigenvalue weighted by molar-refractivity contribution is -0.122. The van der Waals surface area contributed by atoms with Crippen molar-refractivity contribution in [1.29, 1.82) is 0 Å². The predicted molar refractivity (Wildman–Crippen MR) is 67.9 cm³/mol. The molecule has 3 N–H and O–H groups in total. The van der Waals surface area contributed by atoms with Crippen molar-refractivity contribution in [2.75, 3.05) is 33.4 Å². The minimum Gasteiger partial charge on any atom is -0.396 e. The number of nitrogens with one attached hydrogen (secondary N) is 2. The molecule has 17 heavy (non-hydrogen) atoms. The quantitative estimate of drug-likeness (QED) is 0.458. The van der Waals surface area contributed by atoms with Gasteiger partial charge in [-0.2, -0.15) is 0 Å². The van der Waals surface area contributed by atoms with E-state index >= 15 is 0 Å². The number of hydrogen-bond acceptors (Lipinski definition) is 4. The highest BCUT2D eigenvalue weighted by molar-refractivity contribution is 5.81.